The second-order valence-electron chi connectivity index (χ2n) is 5.14. The number of aromatic nitrogens is 2. The summed E-state index contributed by atoms with van der Waals surface area (Å²) in [6.45, 7) is 0. The summed E-state index contributed by atoms with van der Waals surface area (Å²) < 4.78 is 76.9. The maximum absolute atomic E-state index is 12.8. The summed E-state index contributed by atoms with van der Waals surface area (Å²) >= 11 is 0.755. The maximum Gasteiger partial charge on any atom is 0.416 e. The maximum atomic E-state index is 12.8. The second kappa shape index (κ2) is 7.50. The Bertz CT molecular complexity index is 830. The van der Waals surface area contributed by atoms with Gasteiger partial charge >= 0.3 is 18.3 Å². The van der Waals surface area contributed by atoms with Crippen molar-refractivity contribution in [2.24, 2.45) is 0 Å². The summed E-state index contributed by atoms with van der Waals surface area (Å²) in [7, 11) is 0. The number of nitrogens with one attached hydrogen (secondary N) is 1. The highest BCUT2D eigenvalue weighted by atomic mass is 32.1. The van der Waals surface area contributed by atoms with E-state index in [1.807, 2.05) is 5.32 Å². The minimum absolute atomic E-state index is 0.00461. The average molecular weight is 413 g/mol. The number of aryl methyl sites for hydroxylation is 1. The van der Waals surface area contributed by atoms with Gasteiger partial charge in [-0.2, -0.15) is 26.3 Å². The van der Waals surface area contributed by atoms with Gasteiger partial charge in [0.2, 0.25) is 5.13 Å². The van der Waals surface area contributed by atoms with Crippen LogP contribution in [0.5, 0.6) is 0 Å². The SMILES string of the molecule is O=C(O)CCc1nnc(NC(=O)c2cc(C(F)(F)F)cc(C(F)(F)F)c2)s1. The van der Waals surface area contributed by atoms with E-state index in [2.05, 4.69) is 10.2 Å². The van der Waals surface area contributed by atoms with Crippen molar-refractivity contribution < 1.29 is 41.0 Å². The number of carbonyl (C=O) groups excluding carboxylic acids is 1. The van der Waals surface area contributed by atoms with Crippen LogP contribution >= 0.6 is 11.3 Å². The molecule has 0 unspecified atom stereocenters. The Morgan fingerprint density at radius 3 is 2.04 bits per heavy atom. The van der Waals surface area contributed by atoms with Gasteiger partial charge in [-0.05, 0) is 18.2 Å². The van der Waals surface area contributed by atoms with E-state index < -0.39 is 40.9 Å². The van der Waals surface area contributed by atoms with Crippen LogP contribution in [0.3, 0.4) is 0 Å². The zero-order valence-corrected chi connectivity index (χ0v) is 13.8. The van der Waals surface area contributed by atoms with Crippen LogP contribution in [-0.4, -0.2) is 27.2 Å². The van der Waals surface area contributed by atoms with Gasteiger partial charge in [-0.25, -0.2) is 0 Å². The number of carboxylic acid groups (broad SMARTS) is 1. The first kappa shape index (κ1) is 20.6. The van der Waals surface area contributed by atoms with E-state index >= 15 is 0 Å². The topological polar surface area (TPSA) is 92.2 Å². The van der Waals surface area contributed by atoms with Crippen LogP contribution in [0, 0.1) is 0 Å². The first-order chi connectivity index (χ1) is 12.4. The smallest absolute Gasteiger partial charge is 0.416 e. The van der Waals surface area contributed by atoms with Crippen molar-refractivity contribution in [2.75, 3.05) is 5.32 Å². The summed E-state index contributed by atoms with van der Waals surface area (Å²) in [4.78, 5) is 22.5. The molecular formula is C14H9F6N3O3S. The number of anilines is 1. The lowest BCUT2D eigenvalue weighted by molar-refractivity contribution is -0.143. The predicted molar refractivity (Wildman–Crippen MR) is 80.3 cm³/mol. The van der Waals surface area contributed by atoms with Gasteiger partial charge in [-0.15, -0.1) is 10.2 Å². The van der Waals surface area contributed by atoms with Gasteiger partial charge in [-0.3, -0.25) is 14.9 Å². The standard InChI is InChI=1S/C14H9F6N3O3S/c15-13(16,17)7-3-6(4-8(5-7)14(18,19)20)11(26)21-12-23-22-9(27-12)1-2-10(24)25/h3-5H,1-2H2,(H,24,25)(H,21,23,26). The Morgan fingerprint density at radius 1 is 1.00 bits per heavy atom. The summed E-state index contributed by atoms with van der Waals surface area (Å²) in [5.41, 5.74) is -4.11. The number of carboxylic acids is 1. The molecule has 1 aromatic carbocycles. The van der Waals surface area contributed by atoms with Crippen LogP contribution in [0.2, 0.25) is 0 Å². The lowest BCUT2D eigenvalue weighted by Crippen LogP contribution is -2.17. The minimum atomic E-state index is -5.08. The van der Waals surface area contributed by atoms with E-state index in [-0.39, 0.29) is 41.2 Å². The molecule has 0 aliphatic heterocycles. The zero-order valence-electron chi connectivity index (χ0n) is 13.0. The highest BCUT2D eigenvalue weighted by molar-refractivity contribution is 7.15. The third-order valence-electron chi connectivity index (χ3n) is 3.09. The van der Waals surface area contributed by atoms with E-state index in [1.54, 1.807) is 0 Å². The van der Waals surface area contributed by atoms with E-state index in [9.17, 15) is 35.9 Å². The van der Waals surface area contributed by atoms with Crippen molar-refractivity contribution in [3.05, 3.63) is 39.9 Å². The molecule has 0 saturated heterocycles. The molecule has 2 aromatic rings. The van der Waals surface area contributed by atoms with E-state index in [1.165, 1.54) is 0 Å². The van der Waals surface area contributed by atoms with Gasteiger partial charge in [0.05, 0.1) is 17.5 Å². The molecule has 0 atom stereocenters. The normalized spacial score (nSPS) is 12.1. The molecule has 1 aromatic heterocycles. The van der Waals surface area contributed by atoms with Gasteiger partial charge < -0.3 is 5.11 Å². The van der Waals surface area contributed by atoms with E-state index in [0.29, 0.717) is 0 Å². The number of rotatable bonds is 5. The highest BCUT2D eigenvalue weighted by Crippen LogP contribution is 2.36. The van der Waals surface area contributed by atoms with Crippen LogP contribution in [0.1, 0.15) is 32.9 Å². The lowest BCUT2D eigenvalue weighted by Gasteiger charge is -2.13. The Kier molecular flexibility index (Phi) is 5.73. The third-order valence-corrected chi connectivity index (χ3v) is 3.99. The number of carbonyl (C=O) groups is 2. The molecule has 2 N–H and O–H groups in total. The van der Waals surface area contributed by atoms with Gasteiger partial charge in [0.25, 0.3) is 5.91 Å². The quantitative estimate of drug-likeness (QED) is 0.727. The van der Waals surface area contributed by atoms with Gasteiger partial charge in [0.1, 0.15) is 5.01 Å². The summed E-state index contributed by atoms with van der Waals surface area (Å²) in [6.07, 6.45) is -10.4. The Labute approximate surface area is 150 Å². The van der Waals surface area contributed by atoms with Crippen LogP contribution in [0.15, 0.2) is 18.2 Å². The number of hydrogen-bond donors (Lipinski definition) is 2. The molecule has 27 heavy (non-hydrogen) atoms. The largest absolute Gasteiger partial charge is 0.481 e. The fourth-order valence-corrected chi connectivity index (χ4v) is 2.61. The first-order valence-corrected chi connectivity index (χ1v) is 7.83. The molecule has 146 valence electrons. The summed E-state index contributed by atoms with van der Waals surface area (Å²) in [5, 5.41) is 17.7. The molecule has 0 fully saturated rings. The molecule has 1 amide bonds. The number of amides is 1. The van der Waals surface area contributed by atoms with E-state index in [0.717, 1.165) is 11.3 Å². The molecular weight excluding hydrogens is 404 g/mol. The molecule has 0 bridgehead atoms. The average Bonchev–Trinajstić information content (AvgIpc) is 2.98. The zero-order chi connectivity index (χ0) is 20.4. The van der Waals surface area contributed by atoms with E-state index in [4.69, 9.17) is 5.11 Å². The lowest BCUT2D eigenvalue weighted by atomic mass is 10.0. The molecule has 0 saturated carbocycles. The Balaban J connectivity index is 2.26. The minimum Gasteiger partial charge on any atom is -0.481 e. The Morgan fingerprint density at radius 2 is 1.56 bits per heavy atom. The monoisotopic (exact) mass is 413 g/mol. The number of alkyl halides is 6. The van der Waals surface area contributed by atoms with Crippen LogP contribution in [0.25, 0.3) is 0 Å². The van der Waals surface area contributed by atoms with Crippen molar-refractivity contribution in [1.82, 2.24) is 10.2 Å². The van der Waals surface area contributed by atoms with Crippen LogP contribution in [-0.2, 0) is 23.6 Å². The molecule has 0 spiro atoms. The fourth-order valence-electron chi connectivity index (χ4n) is 1.87. The number of nitrogens with zero attached hydrogens (tertiary/aromatic N) is 2. The van der Waals surface area contributed by atoms with Crippen molar-refractivity contribution >= 4 is 28.3 Å². The van der Waals surface area contributed by atoms with Gasteiger partial charge in [0.15, 0.2) is 0 Å². The third kappa shape index (κ3) is 5.64. The second-order valence-corrected chi connectivity index (χ2v) is 6.21. The van der Waals surface area contributed by atoms with Crippen molar-refractivity contribution in [3.63, 3.8) is 0 Å². The molecule has 13 heteroatoms. The number of halogens is 6. The van der Waals surface area contributed by atoms with Crippen LogP contribution < -0.4 is 5.32 Å². The molecule has 0 aliphatic rings. The first-order valence-electron chi connectivity index (χ1n) is 7.01. The Hall–Kier alpha value is -2.70. The molecule has 2 rings (SSSR count). The summed E-state index contributed by atoms with van der Waals surface area (Å²) in [5.74, 6) is -2.34. The number of benzene rings is 1. The molecule has 6 nitrogen and oxygen atoms in total. The molecule has 0 radical (unpaired) electrons. The van der Waals surface area contributed by atoms with Gasteiger partial charge in [0, 0.05) is 12.0 Å². The fraction of sp³-hybridized carbons (Fsp3) is 0.286. The molecule has 0 aliphatic carbocycles. The molecule has 1 heterocycles. The van der Waals surface area contributed by atoms with Gasteiger partial charge in [-0.1, -0.05) is 11.3 Å². The van der Waals surface area contributed by atoms with Crippen molar-refractivity contribution in [2.45, 2.75) is 25.2 Å². The number of hydrogen-bond acceptors (Lipinski definition) is 5. The highest BCUT2D eigenvalue weighted by Gasteiger charge is 2.37. The van der Waals surface area contributed by atoms with Crippen molar-refractivity contribution in [3.8, 4) is 0 Å². The number of aliphatic carboxylic acids is 1. The van der Waals surface area contributed by atoms with Crippen LogP contribution in [0.4, 0.5) is 31.5 Å². The predicted octanol–water partition coefficient (Wildman–Crippen LogP) is 3.85. The van der Waals surface area contributed by atoms with Crippen molar-refractivity contribution in [1.29, 1.82) is 0 Å². The summed E-state index contributed by atoms with van der Waals surface area (Å²) in [6, 6.07) is 0.486.